The minimum Gasteiger partial charge on any atom is -0.497 e. The van der Waals surface area contributed by atoms with E-state index in [1.807, 2.05) is 0 Å². The largest absolute Gasteiger partial charge is 0.497 e. The molecule has 82 valence electrons. The van der Waals surface area contributed by atoms with Gasteiger partial charge in [-0.15, -0.1) is 0 Å². The first kappa shape index (κ1) is 11.8. The average molecular weight is 217 g/mol. The summed E-state index contributed by atoms with van der Waals surface area (Å²) in [5.74, 6) is 5.29. The van der Waals surface area contributed by atoms with Gasteiger partial charge in [-0.25, -0.2) is 0 Å². The van der Waals surface area contributed by atoms with Crippen molar-refractivity contribution < 1.29 is 14.3 Å². The van der Waals surface area contributed by atoms with Gasteiger partial charge in [-0.1, -0.05) is 11.8 Å². The third-order valence-electron chi connectivity index (χ3n) is 1.90. The van der Waals surface area contributed by atoms with Crippen molar-refractivity contribution in [1.29, 1.82) is 0 Å². The SMILES string of the molecule is COc1ccc(C#CCC=O)c(C(N)=O)c1. The maximum Gasteiger partial charge on any atom is 0.250 e. The van der Waals surface area contributed by atoms with Crippen LogP contribution in [0.4, 0.5) is 0 Å². The molecule has 4 heteroatoms. The molecule has 0 aliphatic rings. The average Bonchev–Trinajstić information content (AvgIpc) is 2.29. The Labute approximate surface area is 93.4 Å². The van der Waals surface area contributed by atoms with Gasteiger partial charge in [0.1, 0.15) is 12.0 Å². The maximum absolute atomic E-state index is 11.2. The zero-order valence-electron chi connectivity index (χ0n) is 8.82. The van der Waals surface area contributed by atoms with Crippen LogP contribution in [0.15, 0.2) is 18.2 Å². The number of carbonyl (C=O) groups is 2. The second-order valence-electron chi connectivity index (χ2n) is 2.95. The van der Waals surface area contributed by atoms with Crippen LogP contribution in [0.25, 0.3) is 0 Å². The molecule has 1 aromatic rings. The fourth-order valence-electron chi connectivity index (χ4n) is 1.15. The van der Waals surface area contributed by atoms with Gasteiger partial charge in [-0.2, -0.15) is 0 Å². The Hall–Kier alpha value is -2.28. The molecule has 0 aliphatic carbocycles. The van der Waals surface area contributed by atoms with Gasteiger partial charge in [0.05, 0.1) is 19.1 Å². The van der Waals surface area contributed by atoms with Crippen LogP contribution in [0.3, 0.4) is 0 Å². The first-order valence-electron chi connectivity index (χ1n) is 4.59. The summed E-state index contributed by atoms with van der Waals surface area (Å²) in [6.07, 6.45) is 0.824. The van der Waals surface area contributed by atoms with Crippen LogP contribution < -0.4 is 10.5 Å². The molecule has 0 saturated heterocycles. The summed E-state index contributed by atoms with van der Waals surface area (Å²) in [7, 11) is 1.50. The van der Waals surface area contributed by atoms with Crippen molar-refractivity contribution in [2.24, 2.45) is 5.73 Å². The van der Waals surface area contributed by atoms with Gasteiger partial charge in [0.15, 0.2) is 0 Å². The molecule has 1 rings (SSSR count). The number of hydrogen-bond donors (Lipinski definition) is 1. The van der Waals surface area contributed by atoms with Gasteiger partial charge < -0.3 is 15.3 Å². The standard InChI is InChI=1S/C12H11NO3/c1-16-10-6-5-9(4-2-3-7-14)11(8-10)12(13)15/h5-8H,3H2,1H3,(H2,13,15). The third-order valence-corrected chi connectivity index (χ3v) is 1.90. The lowest BCUT2D eigenvalue weighted by atomic mass is 10.1. The summed E-state index contributed by atoms with van der Waals surface area (Å²) in [6.45, 7) is 0. The molecule has 0 saturated carbocycles. The van der Waals surface area contributed by atoms with Crippen LogP contribution in [0, 0.1) is 11.8 Å². The van der Waals surface area contributed by atoms with E-state index in [4.69, 9.17) is 10.5 Å². The van der Waals surface area contributed by atoms with Crippen LogP contribution in [0.2, 0.25) is 0 Å². The highest BCUT2D eigenvalue weighted by Gasteiger charge is 2.07. The molecule has 0 atom stereocenters. The number of rotatable bonds is 3. The second-order valence-corrected chi connectivity index (χ2v) is 2.95. The molecule has 0 aromatic heterocycles. The quantitative estimate of drug-likeness (QED) is 0.599. The van der Waals surface area contributed by atoms with E-state index in [1.54, 1.807) is 12.1 Å². The molecule has 0 bridgehead atoms. The van der Waals surface area contributed by atoms with E-state index in [1.165, 1.54) is 13.2 Å². The number of hydrogen-bond acceptors (Lipinski definition) is 3. The first-order valence-corrected chi connectivity index (χ1v) is 4.59. The fourth-order valence-corrected chi connectivity index (χ4v) is 1.15. The Bertz CT molecular complexity index is 469. The van der Waals surface area contributed by atoms with Crippen LogP contribution in [0.1, 0.15) is 22.3 Å². The second kappa shape index (κ2) is 5.56. The fraction of sp³-hybridized carbons (Fsp3) is 0.167. The highest BCUT2D eigenvalue weighted by molar-refractivity contribution is 5.95. The molecule has 0 spiro atoms. The minimum atomic E-state index is -0.575. The minimum absolute atomic E-state index is 0.129. The number of nitrogens with two attached hydrogens (primary N) is 1. The topological polar surface area (TPSA) is 69.4 Å². The Morgan fingerprint density at radius 3 is 2.88 bits per heavy atom. The summed E-state index contributed by atoms with van der Waals surface area (Å²) in [5.41, 5.74) is 6.00. The Balaban J connectivity index is 3.14. The van der Waals surface area contributed by atoms with E-state index in [-0.39, 0.29) is 12.0 Å². The van der Waals surface area contributed by atoms with E-state index in [0.29, 0.717) is 17.6 Å². The molecule has 0 radical (unpaired) electrons. The van der Waals surface area contributed by atoms with Crippen molar-refractivity contribution in [3.8, 4) is 17.6 Å². The predicted molar refractivity (Wildman–Crippen MR) is 59.1 cm³/mol. The van der Waals surface area contributed by atoms with Gasteiger partial charge in [0, 0.05) is 5.56 Å². The number of ether oxygens (including phenoxy) is 1. The molecule has 2 N–H and O–H groups in total. The van der Waals surface area contributed by atoms with Crippen LogP contribution >= 0.6 is 0 Å². The summed E-state index contributed by atoms with van der Waals surface area (Å²) in [5, 5.41) is 0. The lowest BCUT2D eigenvalue weighted by molar-refractivity contribution is -0.107. The monoisotopic (exact) mass is 217 g/mol. The number of benzene rings is 1. The molecule has 0 aliphatic heterocycles. The number of primary amides is 1. The van der Waals surface area contributed by atoms with Crippen molar-refractivity contribution in [3.05, 3.63) is 29.3 Å². The summed E-state index contributed by atoms with van der Waals surface area (Å²) in [4.78, 5) is 21.3. The number of carbonyl (C=O) groups excluding carboxylic acids is 2. The number of aldehydes is 1. The van der Waals surface area contributed by atoms with Crippen molar-refractivity contribution in [3.63, 3.8) is 0 Å². The van der Waals surface area contributed by atoms with Crippen LogP contribution in [-0.4, -0.2) is 19.3 Å². The van der Waals surface area contributed by atoms with Gasteiger partial charge in [0.25, 0.3) is 0 Å². The summed E-state index contributed by atoms with van der Waals surface area (Å²) >= 11 is 0. The predicted octanol–water partition coefficient (Wildman–Crippen LogP) is 0.735. The van der Waals surface area contributed by atoms with Crippen LogP contribution in [-0.2, 0) is 4.79 Å². The van der Waals surface area contributed by atoms with E-state index in [2.05, 4.69) is 11.8 Å². The highest BCUT2D eigenvalue weighted by Crippen LogP contribution is 2.16. The lowest BCUT2D eigenvalue weighted by Gasteiger charge is -2.03. The molecule has 1 aromatic carbocycles. The molecular weight excluding hydrogens is 206 g/mol. The summed E-state index contributed by atoms with van der Waals surface area (Å²) < 4.78 is 4.97. The lowest BCUT2D eigenvalue weighted by Crippen LogP contribution is -2.13. The molecule has 0 unspecified atom stereocenters. The van der Waals surface area contributed by atoms with Gasteiger partial charge in [-0.3, -0.25) is 4.79 Å². The smallest absolute Gasteiger partial charge is 0.250 e. The number of methoxy groups -OCH3 is 1. The molecule has 16 heavy (non-hydrogen) atoms. The van der Waals surface area contributed by atoms with E-state index in [9.17, 15) is 9.59 Å². The van der Waals surface area contributed by atoms with E-state index in [0.717, 1.165) is 0 Å². The first-order chi connectivity index (χ1) is 7.69. The Morgan fingerprint density at radius 2 is 2.31 bits per heavy atom. The summed E-state index contributed by atoms with van der Waals surface area (Å²) in [6, 6.07) is 4.83. The molecule has 0 heterocycles. The molecule has 4 nitrogen and oxygen atoms in total. The van der Waals surface area contributed by atoms with Gasteiger partial charge in [-0.05, 0) is 18.2 Å². The van der Waals surface area contributed by atoms with Gasteiger partial charge in [0.2, 0.25) is 5.91 Å². The third kappa shape index (κ3) is 2.85. The zero-order valence-corrected chi connectivity index (χ0v) is 8.82. The highest BCUT2D eigenvalue weighted by atomic mass is 16.5. The van der Waals surface area contributed by atoms with Crippen molar-refractivity contribution in [2.75, 3.05) is 7.11 Å². The maximum atomic E-state index is 11.2. The van der Waals surface area contributed by atoms with E-state index >= 15 is 0 Å². The number of amides is 1. The van der Waals surface area contributed by atoms with Crippen molar-refractivity contribution in [1.82, 2.24) is 0 Å². The van der Waals surface area contributed by atoms with Crippen LogP contribution in [0.5, 0.6) is 5.75 Å². The molecule has 0 fully saturated rings. The van der Waals surface area contributed by atoms with Crippen molar-refractivity contribution in [2.45, 2.75) is 6.42 Å². The Morgan fingerprint density at radius 1 is 1.56 bits per heavy atom. The normalized spacial score (nSPS) is 8.81. The van der Waals surface area contributed by atoms with E-state index < -0.39 is 5.91 Å². The Kier molecular flexibility index (Phi) is 4.10. The molecule has 1 amide bonds. The zero-order chi connectivity index (χ0) is 12.0. The molecular formula is C12H11NO3. The van der Waals surface area contributed by atoms with Crippen molar-refractivity contribution >= 4 is 12.2 Å². The van der Waals surface area contributed by atoms with Gasteiger partial charge >= 0.3 is 0 Å².